The Morgan fingerprint density at radius 2 is 1.91 bits per heavy atom. The molecule has 0 saturated heterocycles. The van der Waals surface area contributed by atoms with E-state index in [1.807, 2.05) is 49.4 Å². The molecular formula is C25H20Cl2N4OS2. The van der Waals surface area contributed by atoms with Crippen molar-refractivity contribution in [3.63, 3.8) is 0 Å². The number of hydrogen-bond donors (Lipinski definition) is 0. The number of nitrogens with zero attached hydrogens (tertiary/aromatic N) is 4. The van der Waals surface area contributed by atoms with E-state index in [-0.39, 0.29) is 5.56 Å². The minimum Gasteiger partial charge on any atom is -0.268 e. The lowest BCUT2D eigenvalue weighted by atomic mass is 9.97. The lowest BCUT2D eigenvalue weighted by molar-refractivity contribution is 0.699. The molecule has 0 amide bonds. The van der Waals surface area contributed by atoms with Crippen LogP contribution in [0.3, 0.4) is 0 Å². The van der Waals surface area contributed by atoms with Crippen LogP contribution in [0.5, 0.6) is 0 Å². The van der Waals surface area contributed by atoms with Gasteiger partial charge in [-0.2, -0.15) is 0 Å². The van der Waals surface area contributed by atoms with Gasteiger partial charge in [0, 0.05) is 10.6 Å². The molecule has 0 atom stereocenters. The van der Waals surface area contributed by atoms with E-state index in [2.05, 4.69) is 14.6 Å². The first kappa shape index (κ1) is 22.2. The van der Waals surface area contributed by atoms with Crippen LogP contribution in [0, 0.1) is 6.92 Å². The van der Waals surface area contributed by atoms with Crippen molar-refractivity contribution >= 4 is 62.3 Å². The number of aromatic nitrogens is 4. The minimum absolute atomic E-state index is 0.0130. The van der Waals surface area contributed by atoms with Crippen LogP contribution in [0.4, 0.5) is 0 Å². The van der Waals surface area contributed by atoms with Gasteiger partial charge in [-0.15, -0.1) is 21.5 Å². The van der Waals surface area contributed by atoms with E-state index in [1.165, 1.54) is 10.4 Å². The van der Waals surface area contributed by atoms with Crippen LogP contribution in [0.2, 0.25) is 10.0 Å². The van der Waals surface area contributed by atoms with Crippen LogP contribution in [0.25, 0.3) is 21.7 Å². The van der Waals surface area contributed by atoms with Gasteiger partial charge in [-0.3, -0.25) is 4.79 Å². The highest BCUT2D eigenvalue weighted by Gasteiger charge is 2.25. The zero-order chi connectivity index (χ0) is 23.4. The average molecular weight is 528 g/mol. The van der Waals surface area contributed by atoms with Crippen molar-refractivity contribution in [1.82, 2.24) is 19.2 Å². The van der Waals surface area contributed by atoms with Crippen molar-refractivity contribution < 1.29 is 0 Å². The van der Waals surface area contributed by atoms with E-state index < -0.39 is 0 Å². The molecule has 0 N–H and O–H groups in total. The van der Waals surface area contributed by atoms with Gasteiger partial charge in [0.2, 0.25) is 5.78 Å². The fourth-order valence-corrected chi connectivity index (χ4v) is 7.22. The van der Waals surface area contributed by atoms with Gasteiger partial charge in [0.05, 0.1) is 21.1 Å². The second-order valence-electron chi connectivity index (χ2n) is 8.53. The molecule has 1 aliphatic rings. The number of halogens is 2. The number of hydrogen-bond acceptors (Lipinski definition) is 5. The first-order valence-corrected chi connectivity index (χ1v) is 13.7. The van der Waals surface area contributed by atoms with E-state index in [0.717, 1.165) is 57.9 Å². The molecule has 5 aromatic rings. The molecule has 0 bridgehead atoms. The van der Waals surface area contributed by atoms with Crippen LogP contribution < -0.4 is 5.56 Å². The second kappa shape index (κ2) is 8.72. The number of aryl methyl sites for hydroxylation is 3. The largest absolute Gasteiger partial charge is 0.268 e. The van der Waals surface area contributed by atoms with Crippen molar-refractivity contribution in [2.24, 2.45) is 0 Å². The molecule has 0 aliphatic heterocycles. The maximum absolute atomic E-state index is 13.9. The van der Waals surface area contributed by atoms with E-state index in [1.54, 1.807) is 27.7 Å². The summed E-state index contributed by atoms with van der Waals surface area (Å²) < 4.78 is 3.78. The number of rotatable bonds is 4. The molecule has 0 spiro atoms. The van der Waals surface area contributed by atoms with Crippen LogP contribution in [-0.4, -0.2) is 19.2 Å². The van der Waals surface area contributed by atoms with Gasteiger partial charge in [0.15, 0.2) is 5.16 Å². The minimum atomic E-state index is -0.0130. The molecule has 34 heavy (non-hydrogen) atoms. The zero-order valence-electron chi connectivity index (χ0n) is 18.3. The summed E-state index contributed by atoms with van der Waals surface area (Å²) in [5.41, 5.74) is 4.13. The number of fused-ring (bicyclic) bond motifs is 5. The molecule has 0 fully saturated rings. The molecule has 3 heterocycles. The van der Waals surface area contributed by atoms with Crippen LogP contribution >= 0.6 is 46.3 Å². The summed E-state index contributed by atoms with van der Waals surface area (Å²) in [6.45, 7) is 2.03. The molecule has 2 aromatic carbocycles. The Hall–Kier alpha value is -2.32. The topological polar surface area (TPSA) is 52.2 Å². The standard InChI is InChI=1S/C25H20Cl2N4OS2/c1-14-5-4-6-16(11-14)30-22(32)21-17-7-2-3-8-20(17)34-23(21)31-24(30)28-29-25(31)33-13-15-9-10-18(26)19(27)12-15/h4-6,9-12H,2-3,7-8,13H2,1H3. The predicted molar refractivity (Wildman–Crippen MR) is 141 cm³/mol. The zero-order valence-corrected chi connectivity index (χ0v) is 21.5. The summed E-state index contributed by atoms with van der Waals surface area (Å²) in [7, 11) is 0. The molecule has 0 saturated carbocycles. The monoisotopic (exact) mass is 526 g/mol. The highest BCUT2D eigenvalue weighted by Crippen LogP contribution is 2.37. The number of thioether (sulfide) groups is 1. The maximum atomic E-state index is 13.9. The summed E-state index contributed by atoms with van der Waals surface area (Å²) in [6.07, 6.45) is 4.24. The Balaban J connectivity index is 1.57. The van der Waals surface area contributed by atoms with E-state index in [0.29, 0.717) is 21.6 Å². The van der Waals surface area contributed by atoms with Gasteiger partial charge < -0.3 is 0 Å². The molecule has 9 heteroatoms. The Labute approximate surface area is 214 Å². The van der Waals surface area contributed by atoms with E-state index in [4.69, 9.17) is 23.2 Å². The molecule has 5 nitrogen and oxygen atoms in total. The smallest absolute Gasteiger partial charge is 0.268 e. The normalized spacial score (nSPS) is 13.6. The summed E-state index contributed by atoms with van der Waals surface area (Å²) >= 11 is 15.6. The number of thiophene rings is 1. The SMILES string of the molecule is Cc1cccc(-n2c(=O)c3c4c(sc3n3c(SCc5ccc(Cl)c(Cl)c5)nnc23)CCCC4)c1. The fraction of sp³-hybridized carbons (Fsp3) is 0.240. The molecule has 6 rings (SSSR count). The van der Waals surface area contributed by atoms with Crippen LogP contribution in [0.1, 0.15) is 34.4 Å². The Kier molecular flexibility index (Phi) is 5.68. The maximum Gasteiger partial charge on any atom is 0.268 e. The van der Waals surface area contributed by atoms with Crippen molar-refractivity contribution in [2.45, 2.75) is 43.5 Å². The molecule has 0 unspecified atom stereocenters. The Morgan fingerprint density at radius 1 is 1.06 bits per heavy atom. The van der Waals surface area contributed by atoms with Gasteiger partial charge in [0.1, 0.15) is 4.83 Å². The van der Waals surface area contributed by atoms with Gasteiger partial charge in [0.25, 0.3) is 5.56 Å². The molecule has 1 aliphatic carbocycles. The van der Waals surface area contributed by atoms with Crippen molar-refractivity contribution in [3.8, 4) is 5.69 Å². The highest BCUT2D eigenvalue weighted by molar-refractivity contribution is 7.98. The van der Waals surface area contributed by atoms with Crippen molar-refractivity contribution in [2.75, 3.05) is 0 Å². The van der Waals surface area contributed by atoms with Crippen LogP contribution in [0.15, 0.2) is 52.4 Å². The average Bonchev–Trinajstić information content (AvgIpc) is 3.42. The summed E-state index contributed by atoms with van der Waals surface area (Å²) in [6, 6.07) is 13.6. The first-order chi connectivity index (χ1) is 16.5. The third-order valence-electron chi connectivity index (χ3n) is 6.20. The third-order valence-corrected chi connectivity index (χ3v) is 9.22. The van der Waals surface area contributed by atoms with E-state index in [9.17, 15) is 4.79 Å². The van der Waals surface area contributed by atoms with Crippen LogP contribution in [-0.2, 0) is 18.6 Å². The summed E-state index contributed by atoms with van der Waals surface area (Å²) in [5.74, 6) is 1.20. The second-order valence-corrected chi connectivity index (χ2v) is 11.4. The molecule has 0 radical (unpaired) electrons. The highest BCUT2D eigenvalue weighted by atomic mass is 35.5. The van der Waals surface area contributed by atoms with Crippen molar-refractivity contribution in [3.05, 3.63) is 84.4 Å². The van der Waals surface area contributed by atoms with Crippen molar-refractivity contribution in [1.29, 1.82) is 0 Å². The molecule has 3 aromatic heterocycles. The van der Waals surface area contributed by atoms with E-state index >= 15 is 0 Å². The Morgan fingerprint density at radius 3 is 2.74 bits per heavy atom. The predicted octanol–water partition coefficient (Wildman–Crippen LogP) is 6.88. The Bertz CT molecular complexity index is 1640. The van der Waals surface area contributed by atoms with Gasteiger partial charge >= 0.3 is 0 Å². The molecule has 172 valence electrons. The van der Waals surface area contributed by atoms with Gasteiger partial charge in [-0.05, 0) is 73.6 Å². The lowest BCUT2D eigenvalue weighted by Gasteiger charge is -2.12. The lowest BCUT2D eigenvalue weighted by Crippen LogP contribution is -2.22. The fourth-order valence-electron chi connectivity index (χ4n) is 4.59. The third kappa shape index (κ3) is 3.66. The van der Waals surface area contributed by atoms with Gasteiger partial charge in [-0.1, -0.05) is 53.2 Å². The quantitative estimate of drug-likeness (QED) is 0.239. The number of benzene rings is 2. The first-order valence-electron chi connectivity index (χ1n) is 11.1. The summed E-state index contributed by atoms with van der Waals surface area (Å²) in [4.78, 5) is 16.2. The molecular weight excluding hydrogens is 507 g/mol. The summed E-state index contributed by atoms with van der Waals surface area (Å²) in [5, 5.41) is 11.7. The van der Waals surface area contributed by atoms with Gasteiger partial charge in [-0.25, -0.2) is 8.97 Å².